The Morgan fingerprint density at radius 3 is 2.64 bits per heavy atom. The molecule has 1 aromatic carbocycles. The molecule has 174 valence electrons. The van der Waals surface area contributed by atoms with Gasteiger partial charge in [0.15, 0.2) is 5.82 Å². The second kappa shape index (κ2) is 8.62. The number of carbonyl (C=O) groups excluding carboxylic acids is 1. The van der Waals surface area contributed by atoms with Crippen molar-refractivity contribution in [1.82, 2.24) is 19.5 Å². The smallest absolute Gasteiger partial charge is 0.342 e. The van der Waals surface area contributed by atoms with Crippen molar-refractivity contribution in [3.05, 3.63) is 47.6 Å². The van der Waals surface area contributed by atoms with Crippen molar-refractivity contribution in [3.8, 4) is 17.3 Å². The number of amides is 1. The summed E-state index contributed by atoms with van der Waals surface area (Å²) in [5.74, 6) is -0.177. The molecule has 0 N–H and O–H groups in total. The first-order valence-electron chi connectivity index (χ1n) is 10.1. The van der Waals surface area contributed by atoms with E-state index in [9.17, 15) is 22.4 Å². The molecule has 0 radical (unpaired) electrons. The quantitative estimate of drug-likeness (QED) is 0.496. The van der Waals surface area contributed by atoms with E-state index in [0.29, 0.717) is 23.5 Å². The zero-order valence-electron chi connectivity index (χ0n) is 17.6. The predicted octanol–water partition coefficient (Wildman–Crippen LogP) is 4.64. The number of alkyl halides is 3. The number of nitrogens with zero attached hydrogens (tertiary/aromatic N) is 6. The van der Waals surface area contributed by atoms with Crippen LogP contribution in [0.3, 0.4) is 0 Å². The molecule has 0 saturated heterocycles. The van der Waals surface area contributed by atoms with Gasteiger partial charge in [-0.05, 0) is 24.6 Å². The summed E-state index contributed by atoms with van der Waals surface area (Å²) in [7, 11) is 1.54. The van der Waals surface area contributed by atoms with E-state index in [1.165, 1.54) is 45.9 Å². The average Bonchev–Trinajstić information content (AvgIpc) is 3.23. The molecule has 33 heavy (non-hydrogen) atoms. The topological polar surface area (TPSA) is 67.2 Å². The van der Waals surface area contributed by atoms with E-state index in [2.05, 4.69) is 15.0 Å². The first kappa shape index (κ1) is 23.0. The van der Waals surface area contributed by atoms with Gasteiger partial charge in [-0.1, -0.05) is 18.5 Å². The van der Waals surface area contributed by atoms with Gasteiger partial charge in [-0.15, -0.1) is 0 Å². The molecule has 7 nitrogen and oxygen atoms in total. The monoisotopic (exact) mass is 482 g/mol. The first-order chi connectivity index (χ1) is 15.6. The second-order valence-electron chi connectivity index (χ2n) is 7.50. The summed E-state index contributed by atoms with van der Waals surface area (Å²) in [6, 6.07) is 3.06. The summed E-state index contributed by atoms with van der Waals surface area (Å²) in [4.78, 5) is 28.6. The van der Waals surface area contributed by atoms with Crippen molar-refractivity contribution in [2.24, 2.45) is 0 Å². The van der Waals surface area contributed by atoms with Crippen LogP contribution in [0, 0.1) is 5.82 Å². The van der Waals surface area contributed by atoms with E-state index in [4.69, 9.17) is 11.6 Å². The highest BCUT2D eigenvalue weighted by Gasteiger charge is 2.39. The van der Waals surface area contributed by atoms with E-state index in [1.54, 1.807) is 13.1 Å². The number of anilines is 2. The number of fused-ring (bicyclic) bond motifs is 1. The van der Waals surface area contributed by atoms with Gasteiger partial charge in [-0.25, -0.2) is 14.4 Å². The minimum atomic E-state index is -4.39. The number of likely N-dealkylation sites (N-methyl/N-ethyl adjacent to an activating group) is 1. The maximum absolute atomic E-state index is 13.5. The van der Waals surface area contributed by atoms with Crippen molar-refractivity contribution < 1.29 is 22.4 Å². The summed E-state index contributed by atoms with van der Waals surface area (Å²) < 4.78 is 54.0. The van der Waals surface area contributed by atoms with E-state index in [-0.39, 0.29) is 22.7 Å². The number of hydrogen-bond donors (Lipinski definition) is 0. The summed E-state index contributed by atoms with van der Waals surface area (Å²) in [6.45, 7) is 1.31. The molecular formula is C21H19ClF4N6O. The van der Waals surface area contributed by atoms with Crippen LogP contribution in [0.25, 0.3) is 17.3 Å². The third kappa shape index (κ3) is 4.37. The molecule has 1 aliphatic rings. The van der Waals surface area contributed by atoms with Crippen LogP contribution in [0.15, 0.2) is 36.8 Å². The number of aromatic nitrogens is 4. The second-order valence-corrected chi connectivity index (χ2v) is 7.91. The Morgan fingerprint density at radius 1 is 1.21 bits per heavy atom. The van der Waals surface area contributed by atoms with Gasteiger partial charge in [0, 0.05) is 31.5 Å². The zero-order chi connectivity index (χ0) is 23.9. The maximum Gasteiger partial charge on any atom is 0.390 e. The molecule has 1 atom stereocenters. The average molecular weight is 483 g/mol. The SMILES string of the molecule is CCC1C(=O)N(C)c2cnc(-n3ccnc3-c3ccc(F)cc3Cl)nc2N1CCC(F)(F)F. The van der Waals surface area contributed by atoms with Crippen LogP contribution in [0.2, 0.25) is 5.02 Å². The third-order valence-corrected chi connectivity index (χ3v) is 5.73. The summed E-state index contributed by atoms with van der Waals surface area (Å²) in [5.41, 5.74) is 0.731. The normalized spacial score (nSPS) is 16.3. The Labute approximate surface area is 191 Å². The predicted molar refractivity (Wildman–Crippen MR) is 115 cm³/mol. The molecule has 4 rings (SSSR count). The lowest BCUT2D eigenvalue weighted by atomic mass is 10.1. The van der Waals surface area contributed by atoms with Gasteiger partial charge in [-0.3, -0.25) is 9.36 Å². The van der Waals surface area contributed by atoms with Crippen molar-refractivity contribution in [2.45, 2.75) is 32.0 Å². The van der Waals surface area contributed by atoms with Gasteiger partial charge in [0.2, 0.25) is 11.9 Å². The highest BCUT2D eigenvalue weighted by molar-refractivity contribution is 6.33. The largest absolute Gasteiger partial charge is 0.390 e. The lowest BCUT2D eigenvalue weighted by molar-refractivity contribution is -0.133. The fraction of sp³-hybridized carbons (Fsp3) is 0.333. The number of rotatable bonds is 5. The molecule has 1 amide bonds. The van der Waals surface area contributed by atoms with Crippen molar-refractivity contribution in [3.63, 3.8) is 0 Å². The van der Waals surface area contributed by atoms with Crippen LogP contribution in [0.1, 0.15) is 19.8 Å². The summed E-state index contributed by atoms with van der Waals surface area (Å²) in [6.07, 6.45) is -0.757. The Hall–Kier alpha value is -3.21. The Kier molecular flexibility index (Phi) is 6.00. The lowest BCUT2D eigenvalue weighted by Crippen LogP contribution is -2.53. The van der Waals surface area contributed by atoms with Crippen molar-refractivity contribution >= 4 is 29.0 Å². The molecule has 0 saturated carbocycles. The van der Waals surface area contributed by atoms with Crippen LogP contribution < -0.4 is 9.80 Å². The summed E-state index contributed by atoms with van der Waals surface area (Å²) >= 11 is 6.18. The molecule has 2 aromatic heterocycles. The van der Waals surface area contributed by atoms with Crippen molar-refractivity contribution in [2.75, 3.05) is 23.4 Å². The molecule has 3 heterocycles. The van der Waals surface area contributed by atoms with Crippen LogP contribution in [-0.2, 0) is 4.79 Å². The molecule has 0 spiro atoms. The molecule has 1 unspecified atom stereocenters. The number of hydrogen-bond acceptors (Lipinski definition) is 5. The zero-order valence-corrected chi connectivity index (χ0v) is 18.4. The van der Waals surface area contributed by atoms with E-state index >= 15 is 0 Å². The molecule has 0 fully saturated rings. The maximum atomic E-state index is 13.5. The van der Waals surface area contributed by atoms with Gasteiger partial charge in [0.25, 0.3) is 0 Å². The van der Waals surface area contributed by atoms with Gasteiger partial charge >= 0.3 is 6.18 Å². The highest BCUT2D eigenvalue weighted by Crippen LogP contribution is 2.36. The molecule has 0 bridgehead atoms. The van der Waals surface area contributed by atoms with Crippen LogP contribution in [0.5, 0.6) is 0 Å². The molecular weight excluding hydrogens is 464 g/mol. The van der Waals surface area contributed by atoms with Gasteiger partial charge < -0.3 is 9.80 Å². The third-order valence-electron chi connectivity index (χ3n) is 5.41. The van der Waals surface area contributed by atoms with Crippen LogP contribution in [-0.4, -0.2) is 51.2 Å². The van der Waals surface area contributed by atoms with E-state index in [0.717, 1.165) is 6.07 Å². The minimum absolute atomic E-state index is 0.122. The number of benzene rings is 1. The minimum Gasteiger partial charge on any atom is -0.342 e. The lowest BCUT2D eigenvalue weighted by Gasteiger charge is -2.40. The Balaban J connectivity index is 1.81. The van der Waals surface area contributed by atoms with Crippen LogP contribution in [0.4, 0.5) is 29.1 Å². The molecule has 0 aliphatic carbocycles. The fourth-order valence-electron chi connectivity index (χ4n) is 3.78. The fourth-order valence-corrected chi connectivity index (χ4v) is 4.04. The highest BCUT2D eigenvalue weighted by atomic mass is 35.5. The van der Waals surface area contributed by atoms with Gasteiger partial charge in [0.1, 0.15) is 23.4 Å². The first-order valence-corrected chi connectivity index (χ1v) is 10.5. The molecule has 1 aliphatic heterocycles. The Morgan fingerprint density at radius 2 is 1.97 bits per heavy atom. The number of imidazole rings is 1. The summed E-state index contributed by atoms with van der Waals surface area (Å²) in [5, 5.41) is 0.128. The van der Waals surface area contributed by atoms with Crippen molar-refractivity contribution in [1.29, 1.82) is 0 Å². The standard InChI is InChI=1S/C21H19ClF4N6O/c1-3-15-19(33)30(2)16-11-28-20(29-18(16)31(15)8-6-21(24,25)26)32-9-7-27-17(32)13-5-4-12(23)10-14(13)22/h4-5,7,9-11,15H,3,6,8H2,1-2H3. The number of halogens is 5. The Bertz CT molecular complexity index is 1200. The van der Waals surface area contributed by atoms with Crippen LogP contribution >= 0.6 is 11.6 Å². The van der Waals surface area contributed by atoms with Gasteiger partial charge in [-0.2, -0.15) is 18.2 Å². The molecule has 3 aromatic rings. The number of carbonyl (C=O) groups is 1. The van der Waals surface area contributed by atoms with E-state index in [1.807, 2.05) is 0 Å². The van der Waals surface area contributed by atoms with Gasteiger partial charge in [0.05, 0.1) is 17.6 Å². The molecule has 12 heteroatoms. The van der Waals surface area contributed by atoms with E-state index < -0.39 is 31.0 Å².